The van der Waals surface area contributed by atoms with E-state index < -0.39 is 29.0 Å². The monoisotopic (exact) mass is 377 g/mol. The Morgan fingerprint density at radius 1 is 0.963 bits per heavy atom. The molecule has 0 aliphatic carbocycles. The van der Waals surface area contributed by atoms with Gasteiger partial charge in [-0.2, -0.15) is 13.2 Å². The fourth-order valence-corrected chi connectivity index (χ4v) is 3.22. The minimum Gasteiger partial charge on any atom is -0.368 e. The molecule has 3 rings (SSSR count). The summed E-state index contributed by atoms with van der Waals surface area (Å²) in [4.78, 5) is 26.9. The number of anilines is 1. The standard InChI is InChI=1S/C19H18F3N3O2/c20-19(21,22)14-6-2-1-4-12(14)17(26)16-13(18(23)27)5-3-7-15(16)25-10-8-24-9-11-25/h1-7,24H,8-11H2,(H2,23,27). The van der Waals surface area contributed by atoms with Crippen LogP contribution in [-0.4, -0.2) is 37.9 Å². The van der Waals surface area contributed by atoms with Crippen molar-refractivity contribution in [3.8, 4) is 0 Å². The Morgan fingerprint density at radius 2 is 1.59 bits per heavy atom. The van der Waals surface area contributed by atoms with Gasteiger partial charge in [0.15, 0.2) is 5.78 Å². The summed E-state index contributed by atoms with van der Waals surface area (Å²) in [7, 11) is 0. The molecule has 0 radical (unpaired) electrons. The molecule has 1 saturated heterocycles. The van der Waals surface area contributed by atoms with Crippen molar-refractivity contribution in [2.75, 3.05) is 31.1 Å². The van der Waals surface area contributed by atoms with Crippen molar-refractivity contribution >= 4 is 17.4 Å². The van der Waals surface area contributed by atoms with Gasteiger partial charge in [0, 0.05) is 37.4 Å². The first-order chi connectivity index (χ1) is 12.8. The van der Waals surface area contributed by atoms with E-state index in [0.29, 0.717) is 31.9 Å². The number of hydrogen-bond acceptors (Lipinski definition) is 4. The van der Waals surface area contributed by atoms with Crippen molar-refractivity contribution in [1.29, 1.82) is 0 Å². The topological polar surface area (TPSA) is 75.4 Å². The number of piperazine rings is 1. The third kappa shape index (κ3) is 3.80. The SMILES string of the molecule is NC(=O)c1cccc(N2CCNCC2)c1C(=O)c1ccccc1C(F)(F)F. The lowest BCUT2D eigenvalue weighted by atomic mass is 9.92. The molecule has 8 heteroatoms. The zero-order valence-electron chi connectivity index (χ0n) is 14.3. The number of amides is 1. The van der Waals surface area contributed by atoms with Gasteiger partial charge in [-0.15, -0.1) is 0 Å². The van der Waals surface area contributed by atoms with E-state index in [1.54, 1.807) is 12.1 Å². The number of carbonyl (C=O) groups is 2. The van der Waals surface area contributed by atoms with Gasteiger partial charge >= 0.3 is 6.18 Å². The molecule has 0 saturated carbocycles. The average molecular weight is 377 g/mol. The van der Waals surface area contributed by atoms with Crippen LogP contribution in [0.1, 0.15) is 31.8 Å². The molecule has 0 spiro atoms. The first-order valence-corrected chi connectivity index (χ1v) is 8.40. The van der Waals surface area contributed by atoms with Crippen LogP contribution in [-0.2, 0) is 6.18 Å². The minimum absolute atomic E-state index is 0.0898. The van der Waals surface area contributed by atoms with Crippen LogP contribution in [0.3, 0.4) is 0 Å². The van der Waals surface area contributed by atoms with E-state index in [1.807, 2.05) is 4.90 Å². The number of benzene rings is 2. The Morgan fingerprint density at radius 3 is 2.22 bits per heavy atom. The van der Waals surface area contributed by atoms with Crippen LogP contribution in [0, 0.1) is 0 Å². The maximum Gasteiger partial charge on any atom is 0.417 e. The molecule has 27 heavy (non-hydrogen) atoms. The number of rotatable bonds is 4. The Balaban J connectivity index is 2.18. The molecule has 0 unspecified atom stereocenters. The predicted molar refractivity (Wildman–Crippen MR) is 94.9 cm³/mol. The first-order valence-electron chi connectivity index (χ1n) is 8.40. The molecule has 1 amide bonds. The van der Waals surface area contributed by atoms with Crippen molar-refractivity contribution in [2.45, 2.75) is 6.18 Å². The van der Waals surface area contributed by atoms with E-state index >= 15 is 0 Å². The Bertz CT molecular complexity index is 875. The van der Waals surface area contributed by atoms with Crippen molar-refractivity contribution in [2.24, 2.45) is 5.73 Å². The smallest absolute Gasteiger partial charge is 0.368 e. The van der Waals surface area contributed by atoms with Crippen LogP contribution in [0.25, 0.3) is 0 Å². The van der Waals surface area contributed by atoms with Crippen molar-refractivity contribution in [3.63, 3.8) is 0 Å². The fourth-order valence-electron chi connectivity index (χ4n) is 3.22. The maximum absolute atomic E-state index is 13.4. The van der Waals surface area contributed by atoms with E-state index in [0.717, 1.165) is 12.1 Å². The third-order valence-electron chi connectivity index (χ3n) is 4.47. The summed E-state index contributed by atoms with van der Waals surface area (Å²) < 4.78 is 40.1. The minimum atomic E-state index is -4.69. The molecule has 0 bridgehead atoms. The molecule has 1 heterocycles. The molecule has 2 aromatic rings. The number of nitrogens with two attached hydrogens (primary N) is 1. The first kappa shape index (κ1) is 18.9. The van der Waals surface area contributed by atoms with Gasteiger partial charge in [0.2, 0.25) is 5.91 Å². The Hall–Kier alpha value is -2.87. The van der Waals surface area contributed by atoms with Gasteiger partial charge in [-0.25, -0.2) is 0 Å². The number of nitrogens with zero attached hydrogens (tertiary/aromatic N) is 1. The Labute approximate surface area is 154 Å². The van der Waals surface area contributed by atoms with Gasteiger partial charge in [0.1, 0.15) is 0 Å². The molecular weight excluding hydrogens is 359 g/mol. The second-order valence-corrected chi connectivity index (χ2v) is 6.17. The summed E-state index contributed by atoms with van der Waals surface area (Å²) in [5.74, 6) is -1.73. The van der Waals surface area contributed by atoms with Gasteiger partial charge in [-0.05, 0) is 18.2 Å². The van der Waals surface area contributed by atoms with Crippen LogP contribution in [0.4, 0.5) is 18.9 Å². The average Bonchev–Trinajstić information content (AvgIpc) is 2.66. The summed E-state index contributed by atoms with van der Waals surface area (Å²) in [6, 6.07) is 9.11. The summed E-state index contributed by atoms with van der Waals surface area (Å²) in [6.07, 6.45) is -4.69. The van der Waals surface area contributed by atoms with Crippen LogP contribution in [0.5, 0.6) is 0 Å². The van der Waals surface area contributed by atoms with E-state index in [2.05, 4.69) is 5.32 Å². The number of halogens is 3. The second-order valence-electron chi connectivity index (χ2n) is 6.17. The fraction of sp³-hybridized carbons (Fsp3) is 0.263. The molecular formula is C19H18F3N3O2. The molecule has 1 fully saturated rings. The molecule has 3 N–H and O–H groups in total. The van der Waals surface area contributed by atoms with E-state index in [1.165, 1.54) is 18.2 Å². The number of ketones is 1. The summed E-state index contributed by atoms with van der Waals surface area (Å²) in [5.41, 5.74) is 4.09. The molecule has 2 aromatic carbocycles. The molecule has 142 valence electrons. The predicted octanol–water partition coefficient (Wildman–Crippen LogP) is 2.44. The lowest BCUT2D eigenvalue weighted by Gasteiger charge is -2.31. The van der Waals surface area contributed by atoms with Gasteiger partial charge in [-0.1, -0.05) is 24.3 Å². The quantitative estimate of drug-likeness (QED) is 0.803. The highest BCUT2D eigenvalue weighted by molar-refractivity contribution is 6.18. The zero-order chi connectivity index (χ0) is 19.6. The van der Waals surface area contributed by atoms with Gasteiger partial charge in [0.25, 0.3) is 0 Å². The Kier molecular flexibility index (Phi) is 5.18. The van der Waals surface area contributed by atoms with Crippen molar-refractivity contribution < 1.29 is 22.8 Å². The number of hydrogen-bond donors (Lipinski definition) is 2. The van der Waals surface area contributed by atoms with Crippen LogP contribution < -0.4 is 16.0 Å². The second kappa shape index (κ2) is 7.40. The number of primary amides is 1. The van der Waals surface area contributed by atoms with Gasteiger partial charge in [0.05, 0.1) is 16.7 Å². The number of alkyl halides is 3. The molecule has 0 aromatic heterocycles. The summed E-state index contributed by atoms with van der Waals surface area (Å²) in [6.45, 7) is 2.44. The lowest BCUT2D eigenvalue weighted by molar-refractivity contribution is -0.137. The van der Waals surface area contributed by atoms with Gasteiger partial charge < -0.3 is 16.0 Å². The van der Waals surface area contributed by atoms with E-state index in [9.17, 15) is 22.8 Å². The largest absolute Gasteiger partial charge is 0.417 e. The molecule has 5 nitrogen and oxygen atoms in total. The normalized spacial score (nSPS) is 14.9. The maximum atomic E-state index is 13.4. The molecule has 1 aliphatic heterocycles. The zero-order valence-corrected chi connectivity index (χ0v) is 14.3. The summed E-state index contributed by atoms with van der Waals surface area (Å²) >= 11 is 0. The number of nitrogens with one attached hydrogen (secondary N) is 1. The highest BCUT2D eigenvalue weighted by Crippen LogP contribution is 2.35. The summed E-state index contributed by atoms with van der Waals surface area (Å²) in [5, 5.41) is 3.16. The molecule has 1 aliphatic rings. The highest BCUT2D eigenvalue weighted by Gasteiger charge is 2.36. The van der Waals surface area contributed by atoms with Crippen LogP contribution in [0.2, 0.25) is 0 Å². The molecule has 0 atom stereocenters. The van der Waals surface area contributed by atoms with Crippen molar-refractivity contribution in [3.05, 3.63) is 64.7 Å². The van der Waals surface area contributed by atoms with Crippen LogP contribution >= 0.6 is 0 Å². The van der Waals surface area contributed by atoms with Crippen LogP contribution in [0.15, 0.2) is 42.5 Å². The number of carbonyl (C=O) groups excluding carboxylic acids is 2. The lowest BCUT2D eigenvalue weighted by Crippen LogP contribution is -2.44. The van der Waals surface area contributed by atoms with E-state index in [-0.39, 0.29) is 11.1 Å². The third-order valence-corrected chi connectivity index (χ3v) is 4.47. The van der Waals surface area contributed by atoms with E-state index in [4.69, 9.17) is 5.73 Å². The van der Waals surface area contributed by atoms with Gasteiger partial charge in [-0.3, -0.25) is 9.59 Å². The van der Waals surface area contributed by atoms with Crippen molar-refractivity contribution in [1.82, 2.24) is 5.32 Å². The highest BCUT2D eigenvalue weighted by atomic mass is 19.4.